The van der Waals surface area contributed by atoms with Crippen molar-refractivity contribution in [3.63, 3.8) is 0 Å². The Bertz CT molecular complexity index is 1580. The van der Waals surface area contributed by atoms with E-state index in [0.717, 1.165) is 46.1 Å². The van der Waals surface area contributed by atoms with Crippen molar-refractivity contribution < 1.29 is 4.42 Å². The highest BCUT2D eigenvalue weighted by Gasteiger charge is 2.31. The molecule has 5 rings (SSSR count). The van der Waals surface area contributed by atoms with Crippen LogP contribution < -0.4 is 5.36 Å². The molecular weight excluding hydrogens is 446 g/mol. The molecule has 2 nitrogen and oxygen atoms in total. The van der Waals surface area contributed by atoms with Gasteiger partial charge in [0.2, 0.25) is 0 Å². The third-order valence-electron chi connectivity index (χ3n) is 7.76. The molecule has 1 heterocycles. The summed E-state index contributed by atoms with van der Waals surface area (Å²) in [4.78, 5) is 1.35. The Morgan fingerprint density at radius 2 is 1.71 bits per heavy atom. The molecule has 0 amide bonds. The Morgan fingerprint density at radius 3 is 2.37 bits per heavy atom. The van der Waals surface area contributed by atoms with Crippen molar-refractivity contribution in [3.05, 3.63) is 64.5 Å². The van der Waals surface area contributed by atoms with Gasteiger partial charge in [-0.05, 0) is 80.9 Å². The van der Waals surface area contributed by atoms with Crippen LogP contribution in [0.15, 0.2) is 51.8 Å². The lowest BCUT2D eigenvalue weighted by Gasteiger charge is -2.31. The molecule has 0 spiro atoms. The molecule has 184 valence electrons. The topological polar surface area (TPSA) is 37.0 Å². The average Bonchev–Trinajstić information content (AvgIpc) is 2.81. The molecule has 35 heavy (non-hydrogen) atoms. The van der Waals surface area contributed by atoms with Crippen molar-refractivity contribution in [2.24, 2.45) is 5.41 Å². The van der Waals surface area contributed by atoms with E-state index in [1.807, 2.05) is 0 Å². The summed E-state index contributed by atoms with van der Waals surface area (Å²) in [6, 6.07) is 13.3. The minimum Gasteiger partial charge on any atom is -0.456 e. The second-order valence-electron chi connectivity index (χ2n) is 12.5. The molecule has 1 N–H and O–H groups in total. The molecule has 0 aliphatic heterocycles. The summed E-state index contributed by atoms with van der Waals surface area (Å²) in [6.45, 7) is 13.8. The zero-order chi connectivity index (χ0) is 25.3. The molecule has 0 atom stereocenters. The molecular formula is C32H39NOS. The van der Waals surface area contributed by atoms with Gasteiger partial charge in [0.15, 0.2) is 0 Å². The van der Waals surface area contributed by atoms with Gasteiger partial charge < -0.3 is 4.42 Å². The third kappa shape index (κ3) is 3.93. The molecule has 3 heteroatoms. The minimum absolute atomic E-state index is 0.0935. The molecule has 0 fully saturated rings. The molecule has 0 unspecified atom stereocenters. The number of fused-ring (bicyclic) bond motifs is 2. The van der Waals surface area contributed by atoms with Gasteiger partial charge in [-0.15, -0.1) is 0 Å². The summed E-state index contributed by atoms with van der Waals surface area (Å²) >= 11 is 0. The average molecular weight is 486 g/mol. The maximum atomic E-state index is 9.61. The van der Waals surface area contributed by atoms with Crippen LogP contribution in [0.3, 0.4) is 0 Å². The smallest absolute Gasteiger partial charge is 0.141 e. The van der Waals surface area contributed by atoms with E-state index in [2.05, 4.69) is 103 Å². The summed E-state index contributed by atoms with van der Waals surface area (Å²) < 4.78 is 6.96. The van der Waals surface area contributed by atoms with Crippen molar-refractivity contribution in [1.29, 1.82) is 5.41 Å². The first-order chi connectivity index (χ1) is 16.3. The third-order valence-corrected chi connectivity index (χ3v) is 10.7. The Hall–Kier alpha value is -2.52. The van der Waals surface area contributed by atoms with Crippen LogP contribution in [0.4, 0.5) is 0 Å². The minimum atomic E-state index is -0.942. The van der Waals surface area contributed by atoms with Gasteiger partial charge in [0, 0.05) is 10.9 Å². The Morgan fingerprint density at radius 1 is 1.03 bits per heavy atom. The van der Waals surface area contributed by atoms with Gasteiger partial charge in [-0.3, -0.25) is 5.41 Å². The van der Waals surface area contributed by atoms with Crippen LogP contribution in [-0.2, 0) is 11.8 Å². The predicted octanol–water partition coefficient (Wildman–Crippen LogP) is 8.94. The van der Waals surface area contributed by atoms with Crippen LogP contribution in [-0.4, -0.2) is 18.3 Å². The first-order valence-corrected chi connectivity index (χ1v) is 15.4. The number of allylic oxidation sites excluding steroid dienone is 1. The lowest BCUT2D eigenvalue weighted by Crippen LogP contribution is -2.21. The van der Waals surface area contributed by atoms with Crippen LogP contribution in [0, 0.1) is 10.8 Å². The zero-order valence-corrected chi connectivity index (χ0v) is 23.4. The van der Waals surface area contributed by atoms with Gasteiger partial charge in [-0.25, -0.2) is 10.0 Å². The molecule has 1 aliphatic rings. The van der Waals surface area contributed by atoms with Crippen molar-refractivity contribution in [1.82, 2.24) is 0 Å². The van der Waals surface area contributed by atoms with Crippen LogP contribution in [0.25, 0.3) is 38.8 Å². The summed E-state index contributed by atoms with van der Waals surface area (Å²) in [6.07, 6.45) is 11.1. The van der Waals surface area contributed by atoms with E-state index in [-0.39, 0.29) is 10.8 Å². The highest BCUT2D eigenvalue weighted by atomic mass is 32.3. The van der Waals surface area contributed by atoms with Crippen molar-refractivity contribution >= 4 is 48.8 Å². The fraction of sp³-hybridized carbons (Fsp3) is 0.406. The second kappa shape index (κ2) is 8.00. The largest absolute Gasteiger partial charge is 0.456 e. The van der Waals surface area contributed by atoms with Gasteiger partial charge in [0.25, 0.3) is 0 Å². The molecule has 1 aromatic heterocycles. The lowest BCUT2D eigenvalue weighted by atomic mass is 9.75. The number of benzene rings is 3. The first kappa shape index (κ1) is 24.2. The quantitative estimate of drug-likeness (QED) is 0.289. The van der Waals surface area contributed by atoms with E-state index in [0.29, 0.717) is 5.36 Å². The van der Waals surface area contributed by atoms with E-state index >= 15 is 0 Å². The molecule has 4 aromatic rings. The van der Waals surface area contributed by atoms with E-state index < -0.39 is 10.0 Å². The zero-order valence-electron chi connectivity index (χ0n) is 22.6. The normalized spacial score (nSPS) is 17.1. The number of rotatable bonds is 3. The van der Waals surface area contributed by atoms with Gasteiger partial charge in [-0.1, -0.05) is 78.0 Å². The van der Waals surface area contributed by atoms with Crippen LogP contribution in [0.1, 0.15) is 64.7 Å². The Kier molecular flexibility index (Phi) is 5.53. The van der Waals surface area contributed by atoms with Crippen molar-refractivity contribution in [2.45, 2.75) is 64.7 Å². The molecule has 0 saturated carbocycles. The fourth-order valence-corrected chi connectivity index (χ4v) is 6.84. The summed E-state index contributed by atoms with van der Waals surface area (Å²) in [5, 5.41) is 14.7. The Balaban J connectivity index is 2.08. The van der Waals surface area contributed by atoms with Gasteiger partial charge in [0.05, 0.1) is 10.7 Å². The highest BCUT2D eigenvalue weighted by molar-refractivity contribution is 8.32. The maximum absolute atomic E-state index is 9.61. The highest BCUT2D eigenvalue weighted by Crippen LogP contribution is 2.51. The SMILES string of the molecule is CCS(C)(C)c1cc2c3c(=N)c4c(c5ccccc5c(CC(C)(C)C)c4oc3c1)C(C)(C)C/C=C\2. The van der Waals surface area contributed by atoms with Crippen molar-refractivity contribution in [2.75, 3.05) is 18.3 Å². The van der Waals surface area contributed by atoms with E-state index in [4.69, 9.17) is 4.42 Å². The lowest BCUT2D eigenvalue weighted by molar-refractivity contribution is 0.411. The van der Waals surface area contributed by atoms with Crippen molar-refractivity contribution in [3.8, 4) is 0 Å². The predicted molar refractivity (Wildman–Crippen MR) is 155 cm³/mol. The van der Waals surface area contributed by atoms with Crippen LogP contribution in [0.5, 0.6) is 0 Å². The summed E-state index contributed by atoms with van der Waals surface area (Å²) in [5.74, 6) is 1.13. The number of hydrogen-bond acceptors (Lipinski definition) is 2. The van der Waals surface area contributed by atoms with Crippen LogP contribution >= 0.6 is 10.0 Å². The first-order valence-electron chi connectivity index (χ1n) is 12.7. The van der Waals surface area contributed by atoms with E-state index in [9.17, 15) is 5.41 Å². The summed E-state index contributed by atoms with van der Waals surface area (Å²) in [5.41, 5.74) is 5.33. The molecule has 1 aliphatic carbocycles. The molecule has 3 aromatic carbocycles. The maximum Gasteiger partial charge on any atom is 0.141 e. The molecule has 0 radical (unpaired) electrons. The van der Waals surface area contributed by atoms with Gasteiger partial charge in [-0.2, -0.15) is 0 Å². The molecule has 2 bridgehead atoms. The summed E-state index contributed by atoms with van der Waals surface area (Å²) in [7, 11) is -0.942. The van der Waals surface area contributed by atoms with Gasteiger partial charge >= 0.3 is 0 Å². The number of nitrogens with one attached hydrogen (secondary N) is 1. The second-order valence-corrected chi connectivity index (χ2v) is 16.6. The van der Waals surface area contributed by atoms with E-state index in [1.165, 1.54) is 26.8 Å². The Labute approximate surface area is 211 Å². The van der Waals surface area contributed by atoms with Gasteiger partial charge in [0.1, 0.15) is 11.2 Å². The molecule has 0 saturated heterocycles. The monoisotopic (exact) mass is 485 g/mol. The standard InChI is InChI=1S/C32H39NOS/c1-9-35(7,8)21-17-20-13-12-16-32(5,6)28-23-15-11-10-14-22(23)24(19-31(2,3)4)30-27(28)29(33)26(20)25(18-21)34-30/h10-15,17-18,33H,9,16,19H2,1-8H3/b13-12-,33-29?. The fourth-order valence-electron chi connectivity index (χ4n) is 5.64. The van der Waals surface area contributed by atoms with E-state index in [1.54, 1.807) is 0 Å². The number of hydrogen-bond donors (Lipinski definition) is 1. The van der Waals surface area contributed by atoms with Crippen LogP contribution in [0.2, 0.25) is 0 Å².